The van der Waals surface area contributed by atoms with Crippen molar-refractivity contribution < 1.29 is 9.59 Å². The van der Waals surface area contributed by atoms with Crippen molar-refractivity contribution in [1.82, 2.24) is 10.6 Å². The quantitative estimate of drug-likeness (QED) is 0.693. The van der Waals surface area contributed by atoms with Crippen LogP contribution in [0.3, 0.4) is 0 Å². The monoisotopic (exact) mass is 255 g/mol. The smallest absolute Gasteiger partial charge is 0.240 e. The van der Waals surface area contributed by atoms with Gasteiger partial charge in [0.05, 0.1) is 12.1 Å². The number of hydrogen-bond acceptors (Lipinski definition) is 3. The Morgan fingerprint density at radius 3 is 2.22 bits per heavy atom. The Bertz CT molecular complexity index is 315. The maximum Gasteiger partial charge on any atom is 0.240 e. The summed E-state index contributed by atoms with van der Waals surface area (Å²) in [6, 6.07) is 0. The van der Waals surface area contributed by atoms with Gasteiger partial charge >= 0.3 is 0 Å². The van der Waals surface area contributed by atoms with Gasteiger partial charge in [0.1, 0.15) is 0 Å². The first-order valence-corrected chi connectivity index (χ1v) is 6.61. The molecule has 1 aliphatic rings. The van der Waals surface area contributed by atoms with Crippen LogP contribution in [-0.2, 0) is 9.59 Å². The molecule has 0 aromatic rings. The van der Waals surface area contributed by atoms with Crippen molar-refractivity contribution in [3.05, 3.63) is 0 Å². The maximum atomic E-state index is 12.0. The highest BCUT2D eigenvalue weighted by Crippen LogP contribution is 2.25. The van der Waals surface area contributed by atoms with Crippen LogP contribution < -0.4 is 16.4 Å². The van der Waals surface area contributed by atoms with Crippen molar-refractivity contribution >= 4 is 11.8 Å². The molecular formula is C13H25N3O2. The predicted octanol–water partition coefficient (Wildman–Crippen LogP) is 0.679. The number of amides is 2. The summed E-state index contributed by atoms with van der Waals surface area (Å²) in [7, 11) is 0. The van der Waals surface area contributed by atoms with Crippen LogP contribution in [0, 0.1) is 0 Å². The van der Waals surface area contributed by atoms with Gasteiger partial charge in [-0.1, -0.05) is 19.3 Å². The fraction of sp³-hybridized carbons (Fsp3) is 0.846. The molecule has 0 heterocycles. The van der Waals surface area contributed by atoms with Crippen molar-refractivity contribution in [2.75, 3.05) is 6.54 Å². The van der Waals surface area contributed by atoms with Crippen LogP contribution in [0.1, 0.15) is 52.9 Å². The largest absolute Gasteiger partial charge is 0.350 e. The summed E-state index contributed by atoms with van der Waals surface area (Å²) in [5.41, 5.74) is 5.01. The highest BCUT2D eigenvalue weighted by atomic mass is 16.2. The van der Waals surface area contributed by atoms with E-state index in [1.165, 1.54) is 0 Å². The molecule has 1 saturated carbocycles. The molecule has 0 saturated heterocycles. The molecule has 1 fully saturated rings. The molecular weight excluding hydrogens is 230 g/mol. The van der Waals surface area contributed by atoms with E-state index < -0.39 is 5.54 Å². The van der Waals surface area contributed by atoms with Crippen molar-refractivity contribution in [2.24, 2.45) is 5.73 Å². The van der Waals surface area contributed by atoms with Crippen LogP contribution in [0.25, 0.3) is 0 Å². The average Bonchev–Trinajstić information content (AvgIpc) is 2.24. The van der Waals surface area contributed by atoms with E-state index in [4.69, 9.17) is 5.73 Å². The van der Waals surface area contributed by atoms with Gasteiger partial charge in [0.15, 0.2) is 0 Å². The van der Waals surface area contributed by atoms with Gasteiger partial charge in [0, 0.05) is 5.54 Å². The first-order valence-electron chi connectivity index (χ1n) is 6.61. The molecule has 2 amide bonds. The van der Waals surface area contributed by atoms with Gasteiger partial charge in [-0.3, -0.25) is 9.59 Å². The Morgan fingerprint density at radius 1 is 1.17 bits per heavy atom. The summed E-state index contributed by atoms with van der Waals surface area (Å²) in [4.78, 5) is 23.6. The summed E-state index contributed by atoms with van der Waals surface area (Å²) in [6.07, 6.45) is 4.52. The highest BCUT2D eigenvalue weighted by molar-refractivity contribution is 5.90. The van der Waals surface area contributed by atoms with E-state index in [0.717, 1.165) is 19.3 Å². The maximum absolute atomic E-state index is 12.0. The van der Waals surface area contributed by atoms with Crippen LogP contribution in [0.4, 0.5) is 0 Å². The molecule has 0 bridgehead atoms. The molecule has 1 rings (SSSR count). The number of carbonyl (C=O) groups excluding carboxylic acids is 2. The van der Waals surface area contributed by atoms with E-state index in [1.54, 1.807) is 0 Å². The Kier molecular flexibility index (Phi) is 4.73. The number of hydrogen-bond donors (Lipinski definition) is 3. The van der Waals surface area contributed by atoms with Gasteiger partial charge in [-0.05, 0) is 33.6 Å². The van der Waals surface area contributed by atoms with Crippen molar-refractivity contribution in [2.45, 2.75) is 64.0 Å². The summed E-state index contributed by atoms with van der Waals surface area (Å²) >= 11 is 0. The van der Waals surface area contributed by atoms with E-state index in [2.05, 4.69) is 10.6 Å². The topological polar surface area (TPSA) is 84.2 Å². The van der Waals surface area contributed by atoms with Crippen LogP contribution in [0.5, 0.6) is 0 Å². The van der Waals surface area contributed by atoms with E-state index in [9.17, 15) is 9.59 Å². The number of nitrogens with one attached hydrogen (secondary N) is 2. The molecule has 0 atom stereocenters. The fourth-order valence-corrected chi connectivity index (χ4v) is 2.21. The lowest BCUT2D eigenvalue weighted by Crippen LogP contribution is -2.57. The van der Waals surface area contributed by atoms with Crippen molar-refractivity contribution in [1.29, 1.82) is 0 Å². The van der Waals surface area contributed by atoms with E-state index >= 15 is 0 Å². The third-order valence-electron chi connectivity index (χ3n) is 3.12. The molecule has 4 N–H and O–H groups in total. The lowest BCUT2D eigenvalue weighted by Gasteiger charge is -2.31. The Hall–Kier alpha value is -1.10. The normalized spacial score (nSPS) is 19.1. The summed E-state index contributed by atoms with van der Waals surface area (Å²) in [5.74, 6) is -0.387. The molecule has 0 radical (unpaired) electrons. The average molecular weight is 255 g/mol. The molecule has 0 aromatic heterocycles. The number of nitrogens with two attached hydrogens (primary N) is 1. The van der Waals surface area contributed by atoms with E-state index in [-0.39, 0.29) is 23.9 Å². The third-order valence-corrected chi connectivity index (χ3v) is 3.12. The fourth-order valence-electron chi connectivity index (χ4n) is 2.21. The zero-order valence-electron chi connectivity index (χ0n) is 11.6. The highest BCUT2D eigenvalue weighted by Gasteiger charge is 2.35. The second kappa shape index (κ2) is 5.69. The SMILES string of the molecule is CC(C)(C)NC(=O)CNC(=O)C1(N)CCCCC1. The number of rotatable bonds is 3. The zero-order chi connectivity index (χ0) is 13.8. The van der Waals surface area contributed by atoms with Crippen LogP contribution >= 0.6 is 0 Å². The molecule has 104 valence electrons. The molecule has 0 aromatic carbocycles. The minimum Gasteiger partial charge on any atom is -0.350 e. The second-order valence-electron chi connectivity index (χ2n) is 6.20. The Labute approximate surface area is 109 Å². The van der Waals surface area contributed by atoms with Crippen LogP contribution in [-0.4, -0.2) is 29.4 Å². The lowest BCUT2D eigenvalue weighted by atomic mass is 9.82. The van der Waals surface area contributed by atoms with Crippen LogP contribution in [0.15, 0.2) is 0 Å². The molecule has 5 nitrogen and oxygen atoms in total. The summed E-state index contributed by atoms with van der Waals surface area (Å²) < 4.78 is 0. The van der Waals surface area contributed by atoms with Crippen molar-refractivity contribution in [3.8, 4) is 0 Å². The number of carbonyl (C=O) groups is 2. The molecule has 0 unspecified atom stereocenters. The van der Waals surface area contributed by atoms with Gasteiger partial charge in [-0.2, -0.15) is 0 Å². The first kappa shape index (κ1) is 15.0. The summed E-state index contributed by atoms with van der Waals surface area (Å²) in [5, 5.41) is 5.43. The summed E-state index contributed by atoms with van der Waals surface area (Å²) in [6.45, 7) is 5.70. The van der Waals surface area contributed by atoms with E-state index in [1.807, 2.05) is 20.8 Å². The lowest BCUT2D eigenvalue weighted by molar-refractivity contribution is -0.130. The molecule has 1 aliphatic carbocycles. The minimum absolute atomic E-state index is 0.00491. The van der Waals surface area contributed by atoms with Crippen LogP contribution in [0.2, 0.25) is 0 Å². The molecule has 0 spiro atoms. The molecule has 0 aliphatic heterocycles. The van der Waals surface area contributed by atoms with Gasteiger partial charge in [0.25, 0.3) is 0 Å². The third kappa shape index (κ3) is 4.64. The van der Waals surface area contributed by atoms with Gasteiger partial charge in [-0.15, -0.1) is 0 Å². The van der Waals surface area contributed by atoms with E-state index in [0.29, 0.717) is 12.8 Å². The minimum atomic E-state index is -0.778. The zero-order valence-corrected chi connectivity index (χ0v) is 11.6. The Balaban J connectivity index is 2.39. The molecule has 18 heavy (non-hydrogen) atoms. The molecule has 5 heteroatoms. The first-order chi connectivity index (χ1) is 8.23. The predicted molar refractivity (Wildman–Crippen MR) is 70.9 cm³/mol. The Morgan fingerprint density at radius 2 is 1.72 bits per heavy atom. The standard InChI is InChI=1S/C13H25N3O2/c1-12(2,3)16-10(17)9-15-11(18)13(14)7-5-4-6-8-13/h4-9,14H2,1-3H3,(H,15,18)(H,16,17). The van der Waals surface area contributed by atoms with Gasteiger partial charge in [0.2, 0.25) is 11.8 Å². The second-order valence-corrected chi connectivity index (χ2v) is 6.20. The van der Waals surface area contributed by atoms with Gasteiger partial charge < -0.3 is 16.4 Å². The van der Waals surface area contributed by atoms with Crippen molar-refractivity contribution in [3.63, 3.8) is 0 Å². The van der Waals surface area contributed by atoms with Gasteiger partial charge in [-0.25, -0.2) is 0 Å².